The molecule has 4 heteroatoms. The number of phenolic OH excluding ortho intramolecular Hbond substituents is 2. The molecule has 0 bridgehead atoms. The van der Waals surface area contributed by atoms with Gasteiger partial charge in [0.2, 0.25) is 0 Å². The second kappa shape index (κ2) is 4.87. The van der Waals surface area contributed by atoms with E-state index in [0.717, 1.165) is 0 Å². The average molecular weight is 246 g/mol. The molecule has 2 aromatic carbocycles. The molecule has 0 unspecified atom stereocenters. The van der Waals surface area contributed by atoms with Crippen molar-refractivity contribution in [3.8, 4) is 34.1 Å². The lowest BCUT2D eigenvalue weighted by molar-refractivity contribution is 0.406. The molecular weight excluding hydrogens is 232 g/mol. The molecule has 0 radical (unpaired) electrons. The number of phenols is 2. The van der Waals surface area contributed by atoms with Crippen molar-refractivity contribution in [2.75, 3.05) is 14.2 Å². The molecule has 0 atom stereocenters. The van der Waals surface area contributed by atoms with Gasteiger partial charge in [0.05, 0.1) is 14.2 Å². The summed E-state index contributed by atoms with van der Waals surface area (Å²) in [5.74, 6) is 1.22. The first-order chi connectivity index (χ1) is 8.65. The Hall–Kier alpha value is -2.36. The summed E-state index contributed by atoms with van der Waals surface area (Å²) in [5, 5.41) is 19.8. The Kier molecular flexibility index (Phi) is 3.28. The van der Waals surface area contributed by atoms with E-state index in [9.17, 15) is 10.2 Å². The van der Waals surface area contributed by atoms with Gasteiger partial charge in [-0.3, -0.25) is 0 Å². The van der Waals surface area contributed by atoms with Gasteiger partial charge in [0.1, 0.15) is 23.0 Å². The van der Waals surface area contributed by atoms with Crippen LogP contribution in [0, 0.1) is 0 Å². The fourth-order valence-corrected chi connectivity index (χ4v) is 1.73. The molecule has 0 aliphatic carbocycles. The van der Waals surface area contributed by atoms with Crippen LogP contribution in [0.15, 0.2) is 36.4 Å². The number of methoxy groups -OCH3 is 2. The summed E-state index contributed by atoms with van der Waals surface area (Å²) in [7, 11) is 3.05. The molecule has 0 amide bonds. The highest BCUT2D eigenvalue weighted by Crippen LogP contribution is 2.38. The lowest BCUT2D eigenvalue weighted by atomic mass is 10.0. The van der Waals surface area contributed by atoms with Crippen molar-refractivity contribution >= 4 is 0 Å². The van der Waals surface area contributed by atoms with Crippen LogP contribution in [0.25, 0.3) is 11.1 Å². The highest BCUT2D eigenvalue weighted by molar-refractivity contribution is 5.76. The highest BCUT2D eigenvalue weighted by atomic mass is 16.5. The summed E-state index contributed by atoms with van der Waals surface area (Å²) in [6, 6.07) is 9.82. The Bertz CT molecular complexity index is 512. The van der Waals surface area contributed by atoms with Crippen LogP contribution in [-0.2, 0) is 0 Å². The van der Waals surface area contributed by atoms with Crippen LogP contribution >= 0.6 is 0 Å². The Morgan fingerprint density at radius 1 is 0.722 bits per heavy atom. The Labute approximate surface area is 105 Å². The quantitative estimate of drug-likeness (QED) is 0.874. The van der Waals surface area contributed by atoms with Gasteiger partial charge >= 0.3 is 0 Å². The molecule has 18 heavy (non-hydrogen) atoms. The first-order valence-electron chi connectivity index (χ1n) is 5.40. The van der Waals surface area contributed by atoms with Crippen LogP contribution in [0.4, 0.5) is 0 Å². The van der Waals surface area contributed by atoms with E-state index in [2.05, 4.69) is 0 Å². The third-order valence-corrected chi connectivity index (χ3v) is 2.70. The van der Waals surface area contributed by atoms with E-state index >= 15 is 0 Å². The number of rotatable bonds is 3. The largest absolute Gasteiger partial charge is 0.507 e. The molecule has 0 spiro atoms. The lowest BCUT2D eigenvalue weighted by Gasteiger charge is -2.10. The van der Waals surface area contributed by atoms with Crippen LogP contribution in [-0.4, -0.2) is 24.4 Å². The second-order valence-corrected chi connectivity index (χ2v) is 3.77. The first-order valence-corrected chi connectivity index (χ1v) is 5.40. The van der Waals surface area contributed by atoms with Gasteiger partial charge in [-0.2, -0.15) is 0 Å². The van der Waals surface area contributed by atoms with Gasteiger partial charge in [0, 0.05) is 23.3 Å². The molecule has 0 saturated heterocycles. The number of ether oxygens (including phenoxy) is 2. The fraction of sp³-hybridized carbons (Fsp3) is 0.143. The van der Waals surface area contributed by atoms with E-state index in [0.29, 0.717) is 22.6 Å². The minimum atomic E-state index is 0.0508. The predicted octanol–water partition coefficient (Wildman–Crippen LogP) is 2.78. The molecule has 0 saturated carbocycles. The first kappa shape index (κ1) is 12.1. The molecule has 0 heterocycles. The molecule has 2 rings (SSSR count). The minimum Gasteiger partial charge on any atom is -0.507 e. The Morgan fingerprint density at radius 3 is 1.39 bits per heavy atom. The standard InChI is InChI=1S/C14H14O4/c1-17-9-3-5-11(13(15)7-9)12-6-4-10(18-2)8-14(12)16/h3-8,15-16H,1-2H3. The van der Waals surface area contributed by atoms with Gasteiger partial charge in [-0.1, -0.05) is 0 Å². The van der Waals surface area contributed by atoms with Crippen LogP contribution in [0.2, 0.25) is 0 Å². The number of hydrogen-bond acceptors (Lipinski definition) is 4. The van der Waals surface area contributed by atoms with Crippen molar-refractivity contribution in [3.63, 3.8) is 0 Å². The molecule has 94 valence electrons. The fourth-order valence-electron chi connectivity index (χ4n) is 1.73. The summed E-state index contributed by atoms with van der Waals surface area (Å²) in [5.41, 5.74) is 1.08. The van der Waals surface area contributed by atoms with E-state index < -0.39 is 0 Å². The molecule has 0 fully saturated rings. The smallest absolute Gasteiger partial charge is 0.127 e. The van der Waals surface area contributed by atoms with E-state index in [1.165, 1.54) is 26.4 Å². The molecule has 0 aromatic heterocycles. The maximum Gasteiger partial charge on any atom is 0.127 e. The molecule has 4 nitrogen and oxygen atoms in total. The molecular formula is C14H14O4. The monoisotopic (exact) mass is 246 g/mol. The minimum absolute atomic E-state index is 0.0508. The summed E-state index contributed by atoms with van der Waals surface area (Å²) >= 11 is 0. The Morgan fingerprint density at radius 2 is 1.11 bits per heavy atom. The number of hydrogen-bond donors (Lipinski definition) is 2. The van der Waals surface area contributed by atoms with E-state index in [1.807, 2.05) is 0 Å². The Balaban J connectivity index is 2.48. The summed E-state index contributed by atoms with van der Waals surface area (Å²) < 4.78 is 10.0. The zero-order valence-corrected chi connectivity index (χ0v) is 10.2. The van der Waals surface area contributed by atoms with Crippen LogP contribution in [0.1, 0.15) is 0 Å². The van der Waals surface area contributed by atoms with Gasteiger partial charge in [-0.15, -0.1) is 0 Å². The van der Waals surface area contributed by atoms with Gasteiger partial charge in [0.15, 0.2) is 0 Å². The summed E-state index contributed by atoms with van der Waals surface area (Å²) in [4.78, 5) is 0. The van der Waals surface area contributed by atoms with Gasteiger partial charge < -0.3 is 19.7 Å². The van der Waals surface area contributed by atoms with Crippen LogP contribution < -0.4 is 9.47 Å². The normalized spacial score (nSPS) is 10.1. The van der Waals surface area contributed by atoms with Crippen molar-refractivity contribution in [2.24, 2.45) is 0 Å². The third-order valence-electron chi connectivity index (χ3n) is 2.70. The van der Waals surface area contributed by atoms with Crippen molar-refractivity contribution in [3.05, 3.63) is 36.4 Å². The van der Waals surface area contributed by atoms with Gasteiger partial charge in [0.25, 0.3) is 0 Å². The van der Waals surface area contributed by atoms with E-state index in [-0.39, 0.29) is 11.5 Å². The highest BCUT2D eigenvalue weighted by Gasteiger charge is 2.10. The maximum atomic E-state index is 9.90. The maximum absolute atomic E-state index is 9.90. The number of benzene rings is 2. The van der Waals surface area contributed by atoms with Crippen molar-refractivity contribution in [1.29, 1.82) is 0 Å². The van der Waals surface area contributed by atoms with Crippen molar-refractivity contribution < 1.29 is 19.7 Å². The van der Waals surface area contributed by atoms with Gasteiger partial charge in [-0.25, -0.2) is 0 Å². The topological polar surface area (TPSA) is 58.9 Å². The SMILES string of the molecule is COc1ccc(-c2ccc(OC)cc2O)c(O)c1. The number of aromatic hydroxyl groups is 2. The van der Waals surface area contributed by atoms with Gasteiger partial charge in [-0.05, 0) is 24.3 Å². The summed E-state index contributed by atoms with van der Waals surface area (Å²) in [6.07, 6.45) is 0. The molecule has 2 aromatic rings. The van der Waals surface area contributed by atoms with Crippen molar-refractivity contribution in [1.82, 2.24) is 0 Å². The second-order valence-electron chi connectivity index (χ2n) is 3.77. The lowest BCUT2D eigenvalue weighted by Crippen LogP contribution is -1.86. The van der Waals surface area contributed by atoms with E-state index in [1.54, 1.807) is 24.3 Å². The zero-order chi connectivity index (χ0) is 13.1. The average Bonchev–Trinajstić information content (AvgIpc) is 2.39. The third kappa shape index (κ3) is 2.18. The zero-order valence-electron chi connectivity index (χ0n) is 10.2. The van der Waals surface area contributed by atoms with E-state index in [4.69, 9.17) is 9.47 Å². The molecule has 0 aliphatic heterocycles. The van der Waals surface area contributed by atoms with Crippen LogP contribution in [0.5, 0.6) is 23.0 Å². The molecule has 0 aliphatic rings. The summed E-state index contributed by atoms with van der Waals surface area (Å²) in [6.45, 7) is 0. The van der Waals surface area contributed by atoms with Crippen molar-refractivity contribution in [2.45, 2.75) is 0 Å². The predicted molar refractivity (Wildman–Crippen MR) is 68.3 cm³/mol. The molecule has 2 N–H and O–H groups in total. The van der Waals surface area contributed by atoms with Crippen LogP contribution in [0.3, 0.4) is 0 Å².